The summed E-state index contributed by atoms with van der Waals surface area (Å²) in [5.74, 6) is 7.39. The molecule has 2 heterocycles. The molecule has 2 aromatic rings. The van der Waals surface area contributed by atoms with Gasteiger partial charge in [0.05, 0.1) is 23.0 Å². The Balaban J connectivity index is 2.54. The maximum Gasteiger partial charge on any atom is 0.106 e. The number of hydrogen-bond donors (Lipinski definition) is 2. The molecule has 1 atom stereocenters. The van der Waals surface area contributed by atoms with Crippen LogP contribution in [0, 0.1) is 13.8 Å². The number of hydrogen-bond acceptors (Lipinski definition) is 4. The zero-order valence-electron chi connectivity index (χ0n) is 11.6. The lowest BCUT2D eigenvalue weighted by Crippen LogP contribution is -2.31. The second kappa shape index (κ2) is 5.36. The molecule has 0 aromatic carbocycles. The standard InChI is InChI=1S/C13H19ClN4O/c1-7(2)18-13(11(14)6-16-18)12(17-15)10-5-8(3)19-9(10)4/h5-7,12,17H,15H2,1-4H3. The summed E-state index contributed by atoms with van der Waals surface area (Å²) in [6, 6.07) is 1.93. The van der Waals surface area contributed by atoms with Gasteiger partial charge in [-0.05, 0) is 33.8 Å². The normalized spacial score (nSPS) is 13.2. The molecule has 0 amide bonds. The molecule has 2 rings (SSSR count). The van der Waals surface area contributed by atoms with E-state index in [1.807, 2.05) is 38.4 Å². The fraction of sp³-hybridized carbons (Fsp3) is 0.462. The molecule has 6 heteroatoms. The van der Waals surface area contributed by atoms with Crippen LogP contribution >= 0.6 is 11.6 Å². The number of nitrogens with zero attached hydrogens (tertiary/aromatic N) is 2. The third kappa shape index (κ3) is 2.54. The van der Waals surface area contributed by atoms with E-state index in [0.29, 0.717) is 5.02 Å². The maximum absolute atomic E-state index is 6.26. The first kappa shape index (κ1) is 14.1. The van der Waals surface area contributed by atoms with Crippen molar-refractivity contribution in [3.05, 3.63) is 40.1 Å². The van der Waals surface area contributed by atoms with Crippen LogP contribution in [0.15, 0.2) is 16.7 Å². The molecule has 0 aliphatic rings. The van der Waals surface area contributed by atoms with Crippen molar-refractivity contribution in [2.24, 2.45) is 5.84 Å². The van der Waals surface area contributed by atoms with E-state index in [2.05, 4.69) is 10.5 Å². The third-order valence-corrected chi connectivity index (χ3v) is 3.40. The monoisotopic (exact) mass is 282 g/mol. The van der Waals surface area contributed by atoms with Crippen molar-refractivity contribution in [3.63, 3.8) is 0 Å². The Morgan fingerprint density at radius 2 is 2.11 bits per heavy atom. The Labute approximate surface area is 117 Å². The molecule has 0 saturated carbocycles. The zero-order chi connectivity index (χ0) is 14.2. The van der Waals surface area contributed by atoms with Crippen LogP contribution < -0.4 is 11.3 Å². The van der Waals surface area contributed by atoms with Crippen LogP contribution in [0.2, 0.25) is 5.02 Å². The molecule has 0 fully saturated rings. The van der Waals surface area contributed by atoms with Crippen molar-refractivity contribution < 1.29 is 4.42 Å². The molecule has 0 aliphatic heterocycles. The molecule has 2 aromatic heterocycles. The number of aromatic nitrogens is 2. The zero-order valence-corrected chi connectivity index (χ0v) is 12.3. The number of aryl methyl sites for hydroxylation is 2. The number of furan rings is 1. The van der Waals surface area contributed by atoms with E-state index in [-0.39, 0.29) is 12.1 Å². The Hall–Kier alpha value is -1.30. The highest BCUT2D eigenvalue weighted by Gasteiger charge is 2.25. The van der Waals surface area contributed by atoms with Gasteiger partial charge in [0.25, 0.3) is 0 Å². The predicted molar refractivity (Wildman–Crippen MR) is 75.0 cm³/mol. The van der Waals surface area contributed by atoms with Gasteiger partial charge >= 0.3 is 0 Å². The first-order valence-corrected chi connectivity index (χ1v) is 6.59. The second-order valence-corrected chi connectivity index (χ2v) is 5.29. The Morgan fingerprint density at radius 1 is 1.42 bits per heavy atom. The molecular formula is C13H19ClN4O. The smallest absolute Gasteiger partial charge is 0.106 e. The van der Waals surface area contributed by atoms with Crippen molar-refractivity contribution in [3.8, 4) is 0 Å². The van der Waals surface area contributed by atoms with Gasteiger partial charge in [0.1, 0.15) is 11.5 Å². The summed E-state index contributed by atoms with van der Waals surface area (Å²) in [6.07, 6.45) is 1.64. The van der Waals surface area contributed by atoms with Crippen LogP contribution in [0.3, 0.4) is 0 Å². The molecule has 0 saturated heterocycles. The lowest BCUT2D eigenvalue weighted by Gasteiger charge is -2.20. The summed E-state index contributed by atoms with van der Waals surface area (Å²) in [4.78, 5) is 0. The summed E-state index contributed by atoms with van der Waals surface area (Å²) >= 11 is 6.26. The number of rotatable bonds is 4. The van der Waals surface area contributed by atoms with Gasteiger partial charge in [-0.3, -0.25) is 10.5 Å². The average Bonchev–Trinajstić information content (AvgIpc) is 2.85. The van der Waals surface area contributed by atoms with Crippen LogP contribution in [0.25, 0.3) is 0 Å². The Kier molecular flexibility index (Phi) is 3.99. The molecule has 5 nitrogen and oxygen atoms in total. The Bertz CT molecular complexity index is 573. The second-order valence-electron chi connectivity index (χ2n) is 4.88. The number of nitrogens with two attached hydrogens (primary N) is 1. The van der Waals surface area contributed by atoms with Crippen LogP contribution in [0.1, 0.15) is 48.7 Å². The lowest BCUT2D eigenvalue weighted by molar-refractivity contribution is 0.465. The molecule has 104 valence electrons. The van der Waals surface area contributed by atoms with Gasteiger partial charge in [0, 0.05) is 11.6 Å². The number of nitrogens with one attached hydrogen (secondary N) is 1. The quantitative estimate of drug-likeness (QED) is 0.668. The molecule has 0 spiro atoms. The predicted octanol–water partition coefficient (Wildman–Crippen LogP) is 2.88. The largest absolute Gasteiger partial charge is 0.466 e. The Morgan fingerprint density at radius 3 is 2.58 bits per heavy atom. The van der Waals surface area contributed by atoms with Gasteiger partial charge in [0.2, 0.25) is 0 Å². The van der Waals surface area contributed by atoms with Crippen LogP contribution in [-0.2, 0) is 0 Å². The fourth-order valence-corrected chi connectivity index (χ4v) is 2.52. The minimum absolute atomic E-state index is 0.201. The van der Waals surface area contributed by atoms with E-state index >= 15 is 0 Å². The highest BCUT2D eigenvalue weighted by molar-refractivity contribution is 6.31. The fourth-order valence-electron chi connectivity index (χ4n) is 2.29. The SMILES string of the molecule is Cc1cc(C(NN)c2c(Cl)cnn2C(C)C)c(C)o1. The average molecular weight is 283 g/mol. The minimum Gasteiger partial charge on any atom is -0.466 e. The lowest BCUT2D eigenvalue weighted by atomic mass is 10.0. The number of hydrazine groups is 1. The topological polar surface area (TPSA) is 69.0 Å². The molecule has 0 aliphatic carbocycles. The molecule has 19 heavy (non-hydrogen) atoms. The van der Waals surface area contributed by atoms with E-state index < -0.39 is 0 Å². The summed E-state index contributed by atoms with van der Waals surface area (Å²) in [5.41, 5.74) is 4.63. The van der Waals surface area contributed by atoms with Crippen molar-refractivity contribution in [2.45, 2.75) is 39.8 Å². The maximum atomic E-state index is 6.26. The van der Waals surface area contributed by atoms with Crippen molar-refractivity contribution in [2.75, 3.05) is 0 Å². The van der Waals surface area contributed by atoms with E-state index in [9.17, 15) is 0 Å². The van der Waals surface area contributed by atoms with Crippen LogP contribution in [0.5, 0.6) is 0 Å². The van der Waals surface area contributed by atoms with E-state index in [1.54, 1.807) is 6.20 Å². The van der Waals surface area contributed by atoms with E-state index in [0.717, 1.165) is 22.8 Å². The van der Waals surface area contributed by atoms with E-state index in [1.165, 1.54) is 0 Å². The van der Waals surface area contributed by atoms with Gasteiger partial charge in [-0.25, -0.2) is 5.43 Å². The summed E-state index contributed by atoms with van der Waals surface area (Å²) in [6.45, 7) is 7.92. The van der Waals surface area contributed by atoms with E-state index in [4.69, 9.17) is 21.9 Å². The summed E-state index contributed by atoms with van der Waals surface area (Å²) in [5, 5.41) is 4.90. The first-order chi connectivity index (χ1) is 8.95. The van der Waals surface area contributed by atoms with Crippen molar-refractivity contribution in [1.29, 1.82) is 0 Å². The van der Waals surface area contributed by atoms with Gasteiger partial charge in [0.15, 0.2) is 0 Å². The van der Waals surface area contributed by atoms with Gasteiger partial charge in [-0.1, -0.05) is 11.6 Å². The van der Waals surface area contributed by atoms with Crippen molar-refractivity contribution in [1.82, 2.24) is 15.2 Å². The molecule has 3 N–H and O–H groups in total. The highest BCUT2D eigenvalue weighted by atomic mass is 35.5. The highest BCUT2D eigenvalue weighted by Crippen LogP contribution is 2.32. The summed E-state index contributed by atoms with van der Waals surface area (Å²) < 4.78 is 7.44. The van der Waals surface area contributed by atoms with Gasteiger partial charge < -0.3 is 4.42 Å². The minimum atomic E-state index is -0.241. The number of halogens is 1. The van der Waals surface area contributed by atoms with Crippen LogP contribution in [-0.4, -0.2) is 9.78 Å². The van der Waals surface area contributed by atoms with Gasteiger partial charge in [-0.15, -0.1) is 0 Å². The molecule has 0 bridgehead atoms. The first-order valence-electron chi connectivity index (χ1n) is 6.21. The van der Waals surface area contributed by atoms with Crippen molar-refractivity contribution >= 4 is 11.6 Å². The molecule has 0 radical (unpaired) electrons. The van der Waals surface area contributed by atoms with Crippen LogP contribution in [0.4, 0.5) is 0 Å². The third-order valence-electron chi connectivity index (χ3n) is 3.11. The molecular weight excluding hydrogens is 264 g/mol. The summed E-state index contributed by atoms with van der Waals surface area (Å²) in [7, 11) is 0. The van der Waals surface area contributed by atoms with Gasteiger partial charge in [-0.2, -0.15) is 5.10 Å². The molecule has 1 unspecified atom stereocenters.